The van der Waals surface area contributed by atoms with Gasteiger partial charge < -0.3 is 14.8 Å². The minimum Gasteiger partial charge on any atom is -0.494 e. The van der Waals surface area contributed by atoms with Crippen LogP contribution in [0.2, 0.25) is 0 Å². The highest BCUT2D eigenvalue weighted by molar-refractivity contribution is 6.24. The summed E-state index contributed by atoms with van der Waals surface area (Å²) in [5.41, 5.74) is 0.166. The number of hydrogen-bond acceptors (Lipinski definition) is 4. The highest BCUT2D eigenvalue weighted by Crippen LogP contribution is 2.64. The number of carbonyl (C=O) groups excluding carboxylic acids is 2. The number of nitrogens with one attached hydrogen (secondary N) is 1. The fraction of sp³-hybridized carbons (Fsp3) is 0.619. The molecule has 2 unspecified atom stereocenters. The third kappa shape index (κ3) is 3.79. The lowest BCUT2D eigenvalue weighted by atomic mass is 9.49. The smallest absolute Gasteiger partial charge is 0.312 e. The van der Waals surface area contributed by atoms with Crippen molar-refractivity contribution in [3.8, 4) is 5.75 Å². The van der Waals surface area contributed by atoms with Gasteiger partial charge in [-0.3, -0.25) is 9.59 Å². The molecule has 1 aromatic rings. The van der Waals surface area contributed by atoms with E-state index in [4.69, 9.17) is 21.1 Å². The van der Waals surface area contributed by atoms with Gasteiger partial charge in [-0.25, -0.2) is 0 Å². The first kappa shape index (κ1) is 18.6. The number of amides is 1. The van der Waals surface area contributed by atoms with Gasteiger partial charge in [0.15, 0.2) is 6.61 Å². The van der Waals surface area contributed by atoms with E-state index in [9.17, 15) is 9.59 Å². The molecule has 0 spiro atoms. The molecule has 0 aliphatic heterocycles. The fourth-order valence-electron chi connectivity index (χ4n) is 5.67. The number of benzene rings is 1. The summed E-state index contributed by atoms with van der Waals surface area (Å²) in [6.07, 6.45) is 5.61. The molecule has 27 heavy (non-hydrogen) atoms. The summed E-state index contributed by atoms with van der Waals surface area (Å²) in [6.45, 7) is 2.24. The monoisotopic (exact) mass is 391 g/mol. The molecule has 4 bridgehead atoms. The van der Waals surface area contributed by atoms with Crippen LogP contribution in [0.5, 0.6) is 5.75 Å². The minimum atomic E-state index is -0.481. The largest absolute Gasteiger partial charge is 0.494 e. The third-order valence-electron chi connectivity index (χ3n) is 6.21. The number of esters is 1. The second kappa shape index (κ2) is 7.01. The number of alkyl halides is 1. The molecule has 4 saturated carbocycles. The molecule has 4 aliphatic carbocycles. The van der Waals surface area contributed by atoms with Gasteiger partial charge in [0.1, 0.15) is 5.75 Å². The van der Waals surface area contributed by atoms with Crippen LogP contribution in [0, 0.1) is 17.3 Å². The van der Waals surface area contributed by atoms with Crippen molar-refractivity contribution in [1.82, 2.24) is 0 Å². The van der Waals surface area contributed by atoms with E-state index in [1.807, 2.05) is 6.92 Å². The standard InChI is InChI=1S/C21H26ClNO4/c1-2-26-17-5-3-16(4-6-17)23-18(24)12-27-19(25)20-8-14-7-15(9-20)11-21(22,10-14)13-20/h3-6,14-15H,2,7-13H2,1H3,(H,23,24)/t14-,15+,20?,21?. The predicted octanol–water partition coefficient (Wildman–Crippen LogP) is 4.14. The molecule has 0 heterocycles. The quantitative estimate of drug-likeness (QED) is 0.584. The van der Waals surface area contributed by atoms with Gasteiger partial charge in [-0.1, -0.05) is 0 Å². The fourth-order valence-corrected chi connectivity index (χ4v) is 6.36. The molecule has 4 aliphatic rings. The van der Waals surface area contributed by atoms with Gasteiger partial charge in [-0.2, -0.15) is 0 Å². The van der Waals surface area contributed by atoms with Crippen molar-refractivity contribution in [2.45, 2.75) is 50.3 Å². The van der Waals surface area contributed by atoms with E-state index in [0.29, 0.717) is 30.6 Å². The van der Waals surface area contributed by atoms with Crippen LogP contribution in [0.25, 0.3) is 0 Å². The first-order valence-corrected chi connectivity index (χ1v) is 10.2. The number of rotatable bonds is 6. The van der Waals surface area contributed by atoms with Crippen molar-refractivity contribution in [3.63, 3.8) is 0 Å². The van der Waals surface area contributed by atoms with Crippen molar-refractivity contribution in [1.29, 1.82) is 0 Å². The average molecular weight is 392 g/mol. The lowest BCUT2D eigenvalue weighted by molar-refractivity contribution is -0.171. The molecule has 146 valence electrons. The number of halogens is 1. The average Bonchev–Trinajstić information content (AvgIpc) is 2.59. The molecule has 4 fully saturated rings. The Labute approximate surface area is 164 Å². The van der Waals surface area contributed by atoms with E-state index in [2.05, 4.69) is 5.32 Å². The van der Waals surface area contributed by atoms with Gasteiger partial charge in [-0.05, 0) is 81.5 Å². The summed E-state index contributed by atoms with van der Waals surface area (Å²) < 4.78 is 10.8. The number of carbonyl (C=O) groups is 2. The molecule has 5 nitrogen and oxygen atoms in total. The molecule has 0 saturated heterocycles. The maximum Gasteiger partial charge on any atom is 0.312 e. The van der Waals surface area contributed by atoms with Crippen molar-refractivity contribution in [3.05, 3.63) is 24.3 Å². The molecule has 0 radical (unpaired) electrons. The summed E-state index contributed by atoms with van der Waals surface area (Å²) in [7, 11) is 0. The van der Waals surface area contributed by atoms with Gasteiger partial charge in [0.25, 0.3) is 5.91 Å². The molecular weight excluding hydrogens is 366 g/mol. The van der Waals surface area contributed by atoms with Crippen LogP contribution in [0.4, 0.5) is 5.69 Å². The molecular formula is C21H26ClNO4. The van der Waals surface area contributed by atoms with E-state index in [1.54, 1.807) is 24.3 Å². The summed E-state index contributed by atoms with van der Waals surface area (Å²) in [5, 5.41) is 2.75. The normalized spacial score (nSPS) is 33.6. The lowest BCUT2D eigenvalue weighted by Crippen LogP contribution is -2.56. The zero-order chi connectivity index (χ0) is 19.1. The van der Waals surface area contributed by atoms with Gasteiger partial charge >= 0.3 is 5.97 Å². The van der Waals surface area contributed by atoms with Crippen LogP contribution in [0.15, 0.2) is 24.3 Å². The van der Waals surface area contributed by atoms with Crippen LogP contribution in [-0.4, -0.2) is 30.0 Å². The Morgan fingerprint density at radius 2 is 1.81 bits per heavy atom. The van der Waals surface area contributed by atoms with E-state index in [-0.39, 0.29) is 23.4 Å². The molecule has 1 amide bonds. The molecule has 5 rings (SSSR count). The maximum absolute atomic E-state index is 12.8. The van der Waals surface area contributed by atoms with Crippen LogP contribution >= 0.6 is 11.6 Å². The minimum absolute atomic E-state index is 0.242. The second-order valence-electron chi connectivity index (χ2n) is 8.47. The molecule has 1 aromatic carbocycles. The highest BCUT2D eigenvalue weighted by atomic mass is 35.5. The highest BCUT2D eigenvalue weighted by Gasteiger charge is 2.60. The zero-order valence-electron chi connectivity index (χ0n) is 15.6. The Kier molecular flexibility index (Phi) is 4.83. The van der Waals surface area contributed by atoms with Crippen molar-refractivity contribution < 1.29 is 19.1 Å². The Balaban J connectivity index is 1.32. The first-order valence-electron chi connectivity index (χ1n) is 9.79. The predicted molar refractivity (Wildman–Crippen MR) is 103 cm³/mol. The molecule has 0 aromatic heterocycles. The Morgan fingerprint density at radius 3 is 2.41 bits per heavy atom. The number of anilines is 1. The summed E-state index contributed by atoms with van der Waals surface area (Å²) in [4.78, 5) is 24.8. The third-order valence-corrected chi connectivity index (χ3v) is 6.65. The maximum atomic E-state index is 12.8. The van der Waals surface area contributed by atoms with Gasteiger partial charge in [-0.15, -0.1) is 11.6 Å². The molecule has 6 heteroatoms. The van der Waals surface area contributed by atoms with Gasteiger partial charge in [0.05, 0.1) is 12.0 Å². The van der Waals surface area contributed by atoms with E-state index >= 15 is 0 Å². The van der Waals surface area contributed by atoms with Crippen LogP contribution in [-0.2, 0) is 14.3 Å². The summed E-state index contributed by atoms with van der Waals surface area (Å²) in [6, 6.07) is 7.11. The van der Waals surface area contributed by atoms with E-state index in [0.717, 1.165) is 31.4 Å². The Hall–Kier alpha value is -1.75. The topological polar surface area (TPSA) is 64.6 Å². The van der Waals surface area contributed by atoms with Crippen LogP contribution in [0.1, 0.15) is 45.4 Å². The van der Waals surface area contributed by atoms with Crippen molar-refractivity contribution in [2.24, 2.45) is 17.3 Å². The van der Waals surface area contributed by atoms with Gasteiger partial charge in [0.2, 0.25) is 0 Å². The summed E-state index contributed by atoms with van der Waals surface area (Å²) >= 11 is 6.77. The zero-order valence-corrected chi connectivity index (χ0v) is 16.4. The Bertz CT molecular complexity index is 718. The lowest BCUT2D eigenvalue weighted by Gasteiger charge is -2.58. The van der Waals surface area contributed by atoms with Crippen molar-refractivity contribution >= 4 is 29.2 Å². The second-order valence-corrected chi connectivity index (χ2v) is 9.28. The van der Waals surface area contributed by atoms with Crippen LogP contribution < -0.4 is 10.1 Å². The molecule has 4 atom stereocenters. The van der Waals surface area contributed by atoms with E-state index in [1.165, 1.54) is 6.42 Å². The number of hydrogen-bond donors (Lipinski definition) is 1. The Morgan fingerprint density at radius 1 is 1.15 bits per heavy atom. The SMILES string of the molecule is CCOc1ccc(NC(=O)COC(=O)C23C[C@@H]4C[C@@H](CC(Cl)(C4)C2)C3)cc1. The van der Waals surface area contributed by atoms with Gasteiger partial charge in [0, 0.05) is 10.6 Å². The summed E-state index contributed by atoms with van der Waals surface area (Å²) in [5.74, 6) is 1.21. The van der Waals surface area contributed by atoms with E-state index < -0.39 is 5.41 Å². The molecule has 1 N–H and O–H groups in total. The number of ether oxygens (including phenoxy) is 2. The van der Waals surface area contributed by atoms with Crippen molar-refractivity contribution in [2.75, 3.05) is 18.5 Å². The van der Waals surface area contributed by atoms with Crippen LogP contribution in [0.3, 0.4) is 0 Å². The first-order chi connectivity index (χ1) is 12.9.